The normalized spacial score (nSPS) is 11.6. The van der Waals surface area contributed by atoms with Crippen LogP contribution in [0.4, 0.5) is 11.4 Å². The fourth-order valence-corrected chi connectivity index (χ4v) is 4.70. The van der Waals surface area contributed by atoms with Crippen molar-refractivity contribution >= 4 is 33.9 Å². The number of aromatic amines is 2. The predicted molar refractivity (Wildman–Crippen MR) is 159 cm³/mol. The molecule has 208 valence electrons. The average Bonchev–Trinajstić information content (AvgIpc) is 3.58. The zero-order valence-electron chi connectivity index (χ0n) is 22.8. The van der Waals surface area contributed by atoms with Gasteiger partial charge in [0, 0.05) is 48.5 Å². The van der Waals surface area contributed by atoms with Crippen LogP contribution in [0.3, 0.4) is 0 Å². The van der Waals surface area contributed by atoms with E-state index in [1.807, 2.05) is 55.5 Å². The number of rotatable bonds is 10. The van der Waals surface area contributed by atoms with Crippen molar-refractivity contribution in [3.8, 4) is 17.1 Å². The lowest BCUT2D eigenvalue weighted by Crippen LogP contribution is -2.21. The minimum atomic E-state index is -0.460. The van der Waals surface area contributed by atoms with Crippen molar-refractivity contribution < 1.29 is 14.8 Å². The molecule has 0 spiro atoms. The van der Waals surface area contributed by atoms with Gasteiger partial charge < -0.3 is 20.4 Å². The maximum absolute atomic E-state index is 11.5. The number of carbonyl (C=O) groups excluding carboxylic acids is 1. The summed E-state index contributed by atoms with van der Waals surface area (Å²) in [4.78, 5) is 37.7. The fourth-order valence-electron chi connectivity index (χ4n) is 4.70. The molecule has 0 aliphatic carbocycles. The third kappa shape index (κ3) is 6.17. The van der Waals surface area contributed by atoms with E-state index in [1.165, 1.54) is 19.1 Å². The number of aromatic hydroxyl groups is 1. The van der Waals surface area contributed by atoms with Gasteiger partial charge in [-0.15, -0.1) is 0 Å². The van der Waals surface area contributed by atoms with Crippen molar-refractivity contribution in [3.05, 3.63) is 106 Å². The maximum Gasteiger partial charge on any atom is 0.270 e. The molecule has 0 saturated heterocycles. The number of nitro benzene ring substituents is 1. The molecule has 10 nitrogen and oxygen atoms in total. The fraction of sp³-hybridized carbons (Fsp3) is 0.194. The maximum atomic E-state index is 11.5. The number of imidazole rings is 1. The molecular formula is C31H30N6O4. The number of non-ortho nitro benzene ring substituents is 1. The number of amides is 1. The Labute approximate surface area is 236 Å². The van der Waals surface area contributed by atoms with Crippen LogP contribution in [0.5, 0.6) is 5.88 Å². The van der Waals surface area contributed by atoms with Gasteiger partial charge in [-0.1, -0.05) is 43.3 Å². The number of aromatic nitrogens is 3. The van der Waals surface area contributed by atoms with Gasteiger partial charge in [0.05, 0.1) is 33.8 Å². The average molecular weight is 551 g/mol. The number of fused-ring (bicyclic) bond motifs is 1. The number of benzene rings is 3. The van der Waals surface area contributed by atoms with E-state index < -0.39 is 4.92 Å². The second kappa shape index (κ2) is 11.9. The molecule has 0 aliphatic rings. The Bertz CT molecular complexity index is 1730. The molecule has 0 unspecified atom stereocenters. The van der Waals surface area contributed by atoms with Crippen LogP contribution in [0.2, 0.25) is 0 Å². The first kappa shape index (κ1) is 27.3. The molecule has 5 rings (SSSR count). The highest BCUT2D eigenvalue weighted by atomic mass is 16.6. The van der Waals surface area contributed by atoms with Crippen molar-refractivity contribution in [2.24, 2.45) is 4.99 Å². The molecule has 0 saturated carbocycles. The topological polar surface area (TPSA) is 149 Å². The Balaban J connectivity index is 1.54. The van der Waals surface area contributed by atoms with Crippen molar-refractivity contribution in [2.45, 2.75) is 33.1 Å². The van der Waals surface area contributed by atoms with E-state index in [0.717, 1.165) is 47.5 Å². The van der Waals surface area contributed by atoms with Gasteiger partial charge in [-0.3, -0.25) is 14.9 Å². The Kier molecular flexibility index (Phi) is 7.91. The van der Waals surface area contributed by atoms with Crippen LogP contribution in [0.25, 0.3) is 22.2 Å². The molecule has 0 aliphatic heterocycles. The number of aliphatic imine (C=N–C) groups is 1. The Morgan fingerprint density at radius 2 is 1.83 bits per heavy atom. The molecule has 0 atom stereocenters. The Morgan fingerprint density at radius 1 is 1.07 bits per heavy atom. The summed E-state index contributed by atoms with van der Waals surface area (Å²) in [6, 6.07) is 19.9. The first-order valence-corrected chi connectivity index (χ1v) is 13.4. The van der Waals surface area contributed by atoms with Crippen LogP contribution < -0.4 is 5.32 Å². The summed E-state index contributed by atoms with van der Waals surface area (Å²) in [5, 5.41) is 25.8. The highest BCUT2D eigenvalue weighted by Crippen LogP contribution is 2.34. The summed E-state index contributed by atoms with van der Waals surface area (Å²) in [6.45, 7) is 4.13. The summed E-state index contributed by atoms with van der Waals surface area (Å²) in [5.74, 6) is 0.731. The number of nitrogens with one attached hydrogen (secondary N) is 3. The van der Waals surface area contributed by atoms with Crippen molar-refractivity contribution in [1.82, 2.24) is 20.3 Å². The third-order valence-corrected chi connectivity index (χ3v) is 6.84. The lowest BCUT2D eigenvalue weighted by molar-refractivity contribution is -0.384. The molecule has 2 heterocycles. The number of hydrogen-bond donors (Lipinski definition) is 4. The predicted octanol–water partition coefficient (Wildman–Crippen LogP) is 5.97. The number of nitro groups is 1. The number of H-pyrrole nitrogens is 2. The highest BCUT2D eigenvalue weighted by molar-refractivity contribution is 6.22. The second-order valence-corrected chi connectivity index (χ2v) is 9.72. The van der Waals surface area contributed by atoms with E-state index in [2.05, 4.69) is 20.3 Å². The SMILES string of the molecule is CCc1ncc(-c2ccc(N=C(c3ccc(CCCNC(C)=O)cc3)c3c(O)[nH]c4ccc([N+](=O)[O-])cc34)cc2)[nH]1. The Morgan fingerprint density at radius 3 is 2.49 bits per heavy atom. The van der Waals surface area contributed by atoms with Gasteiger partial charge in [0.15, 0.2) is 5.88 Å². The zero-order chi connectivity index (χ0) is 28.9. The van der Waals surface area contributed by atoms with E-state index >= 15 is 0 Å². The zero-order valence-corrected chi connectivity index (χ0v) is 22.8. The van der Waals surface area contributed by atoms with Gasteiger partial charge in [-0.05, 0) is 42.2 Å². The minimum absolute atomic E-state index is 0.0525. The van der Waals surface area contributed by atoms with Crippen LogP contribution in [0.15, 0.2) is 77.9 Å². The monoisotopic (exact) mass is 550 g/mol. The van der Waals surface area contributed by atoms with Crippen LogP contribution in [-0.2, 0) is 17.6 Å². The van der Waals surface area contributed by atoms with Gasteiger partial charge in [0.2, 0.25) is 5.91 Å². The molecule has 0 bridgehead atoms. The molecule has 4 N–H and O–H groups in total. The van der Waals surface area contributed by atoms with E-state index in [4.69, 9.17) is 4.99 Å². The third-order valence-electron chi connectivity index (χ3n) is 6.84. The standard InChI is InChI=1S/C31H30N6O4/c1-3-28-33-18-27(35-28)21-10-12-23(13-11-21)34-30(22-8-6-20(7-9-22)5-4-16-32-19(2)38)29-25-17-24(37(40)41)14-15-26(25)36-31(29)39/h6-15,17-18,36,39H,3-5,16H2,1-2H3,(H,32,38)(H,33,35). The summed E-state index contributed by atoms with van der Waals surface area (Å²) in [6.07, 6.45) is 4.20. The van der Waals surface area contributed by atoms with Crippen LogP contribution in [-0.4, -0.2) is 43.1 Å². The van der Waals surface area contributed by atoms with Gasteiger partial charge >= 0.3 is 0 Å². The lowest BCUT2D eigenvalue weighted by Gasteiger charge is -2.10. The van der Waals surface area contributed by atoms with E-state index in [9.17, 15) is 20.0 Å². The second-order valence-electron chi connectivity index (χ2n) is 9.72. The molecule has 5 aromatic rings. The highest BCUT2D eigenvalue weighted by Gasteiger charge is 2.21. The lowest BCUT2D eigenvalue weighted by atomic mass is 9.98. The van der Waals surface area contributed by atoms with E-state index in [0.29, 0.717) is 34.4 Å². The summed E-state index contributed by atoms with van der Waals surface area (Å²) in [5.41, 5.74) is 5.69. The van der Waals surface area contributed by atoms with Gasteiger partial charge in [0.1, 0.15) is 5.82 Å². The summed E-state index contributed by atoms with van der Waals surface area (Å²) < 4.78 is 0. The van der Waals surface area contributed by atoms with Crippen LogP contribution in [0.1, 0.15) is 42.8 Å². The molecule has 1 amide bonds. The number of aryl methyl sites for hydroxylation is 2. The smallest absolute Gasteiger partial charge is 0.270 e. The Hall–Kier alpha value is -5.25. The summed E-state index contributed by atoms with van der Waals surface area (Å²) in [7, 11) is 0. The van der Waals surface area contributed by atoms with Crippen molar-refractivity contribution in [3.63, 3.8) is 0 Å². The van der Waals surface area contributed by atoms with E-state index in [1.54, 1.807) is 12.3 Å². The van der Waals surface area contributed by atoms with Crippen molar-refractivity contribution in [1.29, 1.82) is 0 Å². The molecule has 2 aromatic heterocycles. The van der Waals surface area contributed by atoms with Gasteiger partial charge in [-0.25, -0.2) is 9.98 Å². The van der Waals surface area contributed by atoms with Gasteiger partial charge in [-0.2, -0.15) is 0 Å². The molecule has 0 fully saturated rings. The first-order chi connectivity index (χ1) is 19.8. The summed E-state index contributed by atoms with van der Waals surface area (Å²) >= 11 is 0. The minimum Gasteiger partial charge on any atom is -0.494 e. The largest absolute Gasteiger partial charge is 0.494 e. The molecule has 10 heteroatoms. The van der Waals surface area contributed by atoms with E-state index in [-0.39, 0.29) is 17.5 Å². The number of carbonyl (C=O) groups is 1. The van der Waals surface area contributed by atoms with Crippen LogP contribution >= 0.6 is 0 Å². The molecule has 3 aromatic carbocycles. The van der Waals surface area contributed by atoms with Gasteiger partial charge in [0.25, 0.3) is 5.69 Å². The quantitative estimate of drug-likeness (QED) is 0.0731. The molecule has 41 heavy (non-hydrogen) atoms. The number of nitrogens with zero attached hydrogens (tertiary/aromatic N) is 3. The molecular weight excluding hydrogens is 520 g/mol. The first-order valence-electron chi connectivity index (χ1n) is 13.4. The van der Waals surface area contributed by atoms with Crippen molar-refractivity contribution in [2.75, 3.05) is 6.54 Å². The number of hydrogen-bond acceptors (Lipinski definition) is 6. The van der Waals surface area contributed by atoms with Crippen LogP contribution in [0, 0.1) is 10.1 Å². The molecule has 0 radical (unpaired) electrons.